The minimum absolute atomic E-state index is 0. The number of hydrogen-bond donors (Lipinski definition) is 3. The van der Waals surface area contributed by atoms with E-state index in [4.69, 9.17) is 0 Å². The van der Waals surface area contributed by atoms with Crippen molar-refractivity contribution in [3.05, 3.63) is 0 Å². The molecule has 0 amide bonds. The molecule has 0 aliphatic carbocycles. The molecule has 2 fully saturated rings. The highest BCUT2D eigenvalue weighted by Gasteiger charge is 2.45. The zero-order valence-electron chi connectivity index (χ0n) is 7.33. The van der Waals surface area contributed by atoms with Gasteiger partial charge in [-0.1, -0.05) is 0 Å². The highest BCUT2D eigenvalue weighted by atomic mass is 35.5. The van der Waals surface area contributed by atoms with Gasteiger partial charge in [-0.2, -0.15) is 0 Å². The summed E-state index contributed by atoms with van der Waals surface area (Å²) in [6, 6.07) is -0.228. The van der Waals surface area contributed by atoms with E-state index in [9.17, 15) is 15.3 Å². The maximum Gasteiger partial charge on any atom is 0.0991 e. The van der Waals surface area contributed by atoms with E-state index < -0.39 is 18.3 Å². The summed E-state index contributed by atoms with van der Waals surface area (Å²) in [5, 5.41) is 28.4. The second-order valence-corrected chi connectivity index (χ2v) is 3.75. The zero-order chi connectivity index (χ0) is 8.72. The summed E-state index contributed by atoms with van der Waals surface area (Å²) in [4.78, 5) is 1.98. The summed E-state index contributed by atoms with van der Waals surface area (Å²) < 4.78 is 0. The molecule has 0 aromatic rings. The highest BCUT2D eigenvalue weighted by molar-refractivity contribution is 5.85. The van der Waals surface area contributed by atoms with Gasteiger partial charge in [0, 0.05) is 6.54 Å². The van der Waals surface area contributed by atoms with Gasteiger partial charge in [-0.05, 0) is 19.4 Å². The Kier molecular flexibility index (Phi) is 3.54. The van der Waals surface area contributed by atoms with Crippen molar-refractivity contribution in [2.24, 2.45) is 0 Å². The van der Waals surface area contributed by atoms with Crippen molar-refractivity contribution in [2.45, 2.75) is 37.2 Å². The van der Waals surface area contributed by atoms with E-state index in [1.165, 1.54) is 0 Å². The molecule has 2 aliphatic heterocycles. The van der Waals surface area contributed by atoms with E-state index in [0.29, 0.717) is 6.54 Å². The third-order valence-corrected chi connectivity index (χ3v) is 2.93. The third-order valence-electron chi connectivity index (χ3n) is 2.93. The van der Waals surface area contributed by atoms with Gasteiger partial charge in [0.25, 0.3) is 0 Å². The largest absolute Gasteiger partial charge is 0.391 e. The van der Waals surface area contributed by atoms with Crippen molar-refractivity contribution in [3.63, 3.8) is 0 Å². The quantitative estimate of drug-likeness (QED) is 0.478. The molecule has 2 saturated heterocycles. The molecule has 4 nitrogen and oxygen atoms in total. The van der Waals surface area contributed by atoms with Gasteiger partial charge in [-0.25, -0.2) is 0 Å². The lowest BCUT2D eigenvalue weighted by atomic mass is 9.97. The predicted molar refractivity (Wildman–Crippen MR) is 49.9 cm³/mol. The standard InChI is InChI=1S/C8H15NO3.ClH/c10-5-2-1-3-9-4-6(11)8(12)7(5)9;/h5-8,10-12H,1-4H2;1H/t5-,6-,7-,8-;/m1./s1. The minimum atomic E-state index is -0.764. The first kappa shape index (κ1) is 11.2. The fourth-order valence-electron chi connectivity index (χ4n) is 2.30. The van der Waals surface area contributed by atoms with Crippen molar-refractivity contribution < 1.29 is 15.3 Å². The first-order valence-corrected chi connectivity index (χ1v) is 4.48. The van der Waals surface area contributed by atoms with Crippen LogP contribution in [-0.4, -0.2) is 57.7 Å². The van der Waals surface area contributed by atoms with Crippen LogP contribution in [0.4, 0.5) is 0 Å². The number of aliphatic hydroxyl groups is 3. The normalized spacial score (nSPS) is 45.5. The van der Waals surface area contributed by atoms with Crippen molar-refractivity contribution >= 4 is 12.4 Å². The molecule has 2 heterocycles. The molecule has 0 spiro atoms. The van der Waals surface area contributed by atoms with Gasteiger partial charge in [-0.3, -0.25) is 4.90 Å². The van der Waals surface area contributed by atoms with E-state index in [0.717, 1.165) is 19.4 Å². The van der Waals surface area contributed by atoms with Crippen molar-refractivity contribution in [1.82, 2.24) is 4.90 Å². The number of hydrogen-bond acceptors (Lipinski definition) is 4. The number of aliphatic hydroxyl groups excluding tert-OH is 3. The van der Waals surface area contributed by atoms with Crippen LogP contribution in [0.1, 0.15) is 12.8 Å². The molecule has 0 unspecified atom stereocenters. The Balaban J connectivity index is 0.000000845. The van der Waals surface area contributed by atoms with Gasteiger partial charge in [0.05, 0.1) is 24.4 Å². The van der Waals surface area contributed by atoms with Gasteiger partial charge < -0.3 is 15.3 Å². The van der Waals surface area contributed by atoms with E-state index >= 15 is 0 Å². The number of nitrogens with zero attached hydrogens (tertiary/aromatic N) is 1. The average molecular weight is 210 g/mol. The van der Waals surface area contributed by atoms with Crippen molar-refractivity contribution in [2.75, 3.05) is 13.1 Å². The molecule has 0 saturated carbocycles. The molecule has 3 N–H and O–H groups in total. The molecule has 5 heteroatoms. The summed E-state index contributed by atoms with van der Waals surface area (Å²) in [6.07, 6.45) is -0.212. The SMILES string of the molecule is Cl.O[C@H]1[C@H]2[C@H](O)CCCN2C[C@H]1O. The Morgan fingerprint density at radius 3 is 2.38 bits per heavy atom. The number of halogens is 1. The number of rotatable bonds is 0. The van der Waals surface area contributed by atoms with E-state index in [1.807, 2.05) is 4.90 Å². The zero-order valence-corrected chi connectivity index (χ0v) is 8.15. The van der Waals surface area contributed by atoms with E-state index in [1.54, 1.807) is 0 Å². The fraction of sp³-hybridized carbons (Fsp3) is 1.00. The van der Waals surface area contributed by atoms with Gasteiger partial charge in [-0.15, -0.1) is 12.4 Å². The topological polar surface area (TPSA) is 63.9 Å². The lowest BCUT2D eigenvalue weighted by Gasteiger charge is -2.34. The summed E-state index contributed by atoms with van der Waals surface area (Å²) >= 11 is 0. The Labute approximate surface area is 83.6 Å². The van der Waals surface area contributed by atoms with Gasteiger partial charge in [0.1, 0.15) is 0 Å². The molecule has 4 atom stereocenters. The summed E-state index contributed by atoms with van der Waals surface area (Å²) in [5.74, 6) is 0. The van der Waals surface area contributed by atoms with E-state index in [-0.39, 0.29) is 18.4 Å². The summed E-state index contributed by atoms with van der Waals surface area (Å²) in [7, 11) is 0. The molecular weight excluding hydrogens is 194 g/mol. The van der Waals surface area contributed by atoms with Gasteiger partial charge in [0.15, 0.2) is 0 Å². The highest BCUT2D eigenvalue weighted by Crippen LogP contribution is 2.27. The van der Waals surface area contributed by atoms with Gasteiger partial charge >= 0.3 is 0 Å². The Hall–Kier alpha value is 0.130. The lowest BCUT2D eigenvalue weighted by molar-refractivity contribution is -0.0282. The Morgan fingerprint density at radius 1 is 1.08 bits per heavy atom. The molecular formula is C8H16ClNO3. The maximum atomic E-state index is 9.55. The third kappa shape index (κ3) is 1.82. The van der Waals surface area contributed by atoms with Crippen molar-refractivity contribution in [3.8, 4) is 0 Å². The fourth-order valence-corrected chi connectivity index (χ4v) is 2.30. The summed E-state index contributed by atoms with van der Waals surface area (Å²) in [6.45, 7) is 1.39. The number of piperidine rings is 1. The maximum absolute atomic E-state index is 9.55. The second-order valence-electron chi connectivity index (χ2n) is 3.75. The monoisotopic (exact) mass is 209 g/mol. The van der Waals surface area contributed by atoms with Crippen LogP contribution in [-0.2, 0) is 0 Å². The van der Waals surface area contributed by atoms with Crippen molar-refractivity contribution in [1.29, 1.82) is 0 Å². The van der Waals surface area contributed by atoms with E-state index in [2.05, 4.69) is 0 Å². The van der Waals surface area contributed by atoms with Crippen LogP contribution < -0.4 is 0 Å². The molecule has 13 heavy (non-hydrogen) atoms. The van der Waals surface area contributed by atoms with Crippen LogP contribution in [0.5, 0.6) is 0 Å². The first-order chi connectivity index (χ1) is 5.70. The van der Waals surface area contributed by atoms with Crippen LogP contribution in [0.2, 0.25) is 0 Å². The first-order valence-electron chi connectivity index (χ1n) is 4.48. The lowest BCUT2D eigenvalue weighted by Crippen LogP contribution is -2.48. The van der Waals surface area contributed by atoms with Crippen LogP contribution in [0.3, 0.4) is 0 Å². The Bertz CT molecular complexity index is 181. The summed E-state index contributed by atoms with van der Waals surface area (Å²) in [5.41, 5.74) is 0. The van der Waals surface area contributed by atoms with Crippen LogP contribution >= 0.6 is 12.4 Å². The smallest absolute Gasteiger partial charge is 0.0991 e. The molecule has 2 aliphatic rings. The van der Waals surface area contributed by atoms with Crippen LogP contribution in [0, 0.1) is 0 Å². The Morgan fingerprint density at radius 2 is 1.77 bits per heavy atom. The predicted octanol–water partition coefficient (Wildman–Crippen LogP) is -1.03. The molecule has 0 bridgehead atoms. The van der Waals surface area contributed by atoms with Crippen LogP contribution in [0.15, 0.2) is 0 Å². The van der Waals surface area contributed by atoms with Crippen LogP contribution in [0.25, 0.3) is 0 Å². The molecule has 0 aromatic heterocycles. The average Bonchev–Trinajstić information content (AvgIpc) is 2.29. The minimum Gasteiger partial charge on any atom is -0.391 e. The number of fused-ring (bicyclic) bond motifs is 1. The van der Waals surface area contributed by atoms with Gasteiger partial charge in [0.2, 0.25) is 0 Å². The second kappa shape index (κ2) is 4.11. The molecule has 2 rings (SSSR count). The molecule has 0 aromatic carbocycles. The molecule has 0 radical (unpaired) electrons. The molecule has 78 valence electrons.